The Morgan fingerprint density at radius 2 is 2.08 bits per heavy atom. The average Bonchev–Trinajstić information content (AvgIpc) is 3.01. The van der Waals surface area contributed by atoms with E-state index < -0.39 is 10.0 Å². The third-order valence-electron chi connectivity index (χ3n) is 4.21. The number of aromatic nitrogens is 2. The van der Waals surface area contributed by atoms with Crippen molar-refractivity contribution in [1.29, 1.82) is 0 Å². The van der Waals surface area contributed by atoms with Crippen molar-refractivity contribution in [3.05, 3.63) is 42.2 Å². The second-order valence-corrected chi connectivity index (χ2v) is 7.91. The molecule has 0 spiro atoms. The van der Waals surface area contributed by atoms with E-state index in [1.54, 1.807) is 13.1 Å². The minimum absolute atomic E-state index is 0.147. The zero-order chi connectivity index (χ0) is 17.0. The van der Waals surface area contributed by atoms with Crippen LogP contribution < -0.4 is 4.72 Å². The Hall–Kier alpha value is -1.86. The quantitative estimate of drug-likeness (QED) is 0.870. The largest absolute Gasteiger partial charge is 0.374 e. The number of ether oxygens (including phenoxy) is 1. The van der Waals surface area contributed by atoms with E-state index in [0.29, 0.717) is 18.4 Å². The molecule has 1 heterocycles. The van der Waals surface area contributed by atoms with Crippen molar-refractivity contribution in [2.45, 2.75) is 49.7 Å². The molecule has 0 saturated heterocycles. The van der Waals surface area contributed by atoms with E-state index in [1.807, 2.05) is 18.2 Å². The third-order valence-corrected chi connectivity index (χ3v) is 5.54. The van der Waals surface area contributed by atoms with Crippen LogP contribution in [0, 0.1) is 0 Å². The number of nitrogens with one attached hydrogen (secondary N) is 1. The molecule has 0 atom stereocenters. The van der Waals surface area contributed by atoms with Gasteiger partial charge < -0.3 is 4.74 Å². The number of hydrogen-bond acceptors (Lipinski definition) is 4. The van der Waals surface area contributed by atoms with Crippen molar-refractivity contribution in [2.24, 2.45) is 7.05 Å². The molecule has 0 amide bonds. The van der Waals surface area contributed by atoms with E-state index in [9.17, 15) is 8.42 Å². The zero-order valence-corrected chi connectivity index (χ0v) is 14.6. The highest BCUT2D eigenvalue weighted by Gasteiger charge is 2.17. The molecule has 1 saturated carbocycles. The predicted octanol–water partition coefficient (Wildman–Crippen LogP) is 3.07. The van der Waals surface area contributed by atoms with Crippen molar-refractivity contribution in [1.82, 2.24) is 9.78 Å². The van der Waals surface area contributed by atoms with Gasteiger partial charge in [0.2, 0.25) is 0 Å². The lowest BCUT2D eigenvalue weighted by atomic mass is 9.98. The zero-order valence-electron chi connectivity index (χ0n) is 13.8. The topological polar surface area (TPSA) is 73.2 Å². The van der Waals surface area contributed by atoms with E-state index in [4.69, 9.17) is 4.74 Å². The molecule has 1 fully saturated rings. The summed E-state index contributed by atoms with van der Waals surface area (Å²) in [5.41, 5.74) is 1.50. The van der Waals surface area contributed by atoms with Gasteiger partial charge >= 0.3 is 0 Å². The summed E-state index contributed by atoms with van der Waals surface area (Å²) in [5, 5.41) is 3.90. The Balaban J connectivity index is 1.64. The van der Waals surface area contributed by atoms with Gasteiger partial charge in [0.1, 0.15) is 4.90 Å². The fraction of sp³-hybridized carbons (Fsp3) is 0.471. The van der Waals surface area contributed by atoms with E-state index in [-0.39, 0.29) is 4.90 Å². The number of sulfonamides is 1. The molecule has 130 valence electrons. The standard InChI is InChI=1S/C17H23N3O3S/c1-20-12-17(11-18-20)24(21,22)19-15-7-5-6-14(10-15)13-23-16-8-3-2-4-9-16/h5-7,10-12,16,19H,2-4,8-9,13H2,1H3. The molecule has 6 nitrogen and oxygen atoms in total. The van der Waals surface area contributed by atoms with Gasteiger partial charge in [-0.3, -0.25) is 9.40 Å². The molecular formula is C17H23N3O3S. The van der Waals surface area contributed by atoms with Gasteiger partial charge in [0.05, 0.1) is 18.9 Å². The van der Waals surface area contributed by atoms with Crippen LogP contribution in [0.3, 0.4) is 0 Å². The fourth-order valence-corrected chi connectivity index (χ4v) is 3.95. The van der Waals surface area contributed by atoms with Crippen LogP contribution in [0.1, 0.15) is 37.7 Å². The number of hydrogen-bond donors (Lipinski definition) is 1. The highest BCUT2D eigenvalue weighted by Crippen LogP contribution is 2.22. The summed E-state index contributed by atoms with van der Waals surface area (Å²) in [5.74, 6) is 0. The first-order valence-electron chi connectivity index (χ1n) is 8.25. The maximum absolute atomic E-state index is 12.3. The van der Waals surface area contributed by atoms with Crippen LogP contribution in [0.4, 0.5) is 5.69 Å². The lowest BCUT2D eigenvalue weighted by Crippen LogP contribution is -2.16. The number of rotatable bonds is 6. The van der Waals surface area contributed by atoms with Crippen molar-refractivity contribution in [3.8, 4) is 0 Å². The second kappa shape index (κ2) is 7.36. The van der Waals surface area contributed by atoms with Crippen LogP contribution in [0.2, 0.25) is 0 Å². The summed E-state index contributed by atoms with van der Waals surface area (Å²) in [7, 11) is -1.94. The first-order chi connectivity index (χ1) is 11.5. The van der Waals surface area contributed by atoms with E-state index in [0.717, 1.165) is 18.4 Å². The molecule has 0 bridgehead atoms. The van der Waals surface area contributed by atoms with Gasteiger partial charge in [-0.05, 0) is 30.5 Å². The second-order valence-electron chi connectivity index (χ2n) is 6.23. The van der Waals surface area contributed by atoms with Crippen LogP contribution in [0.15, 0.2) is 41.6 Å². The fourth-order valence-electron chi connectivity index (χ4n) is 2.92. The van der Waals surface area contributed by atoms with Crippen LogP contribution >= 0.6 is 0 Å². The van der Waals surface area contributed by atoms with Crippen molar-refractivity contribution >= 4 is 15.7 Å². The van der Waals surface area contributed by atoms with Gasteiger partial charge in [-0.1, -0.05) is 31.4 Å². The maximum atomic E-state index is 12.3. The van der Waals surface area contributed by atoms with Gasteiger partial charge in [-0.2, -0.15) is 5.10 Å². The van der Waals surface area contributed by atoms with Gasteiger partial charge in [-0.25, -0.2) is 8.42 Å². The summed E-state index contributed by atoms with van der Waals surface area (Å²) in [6.07, 6.45) is 9.13. The van der Waals surface area contributed by atoms with E-state index in [2.05, 4.69) is 9.82 Å². The van der Waals surface area contributed by atoms with Crippen molar-refractivity contribution in [3.63, 3.8) is 0 Å². The molecule has 2 aromatic rings. The summed E-state index contributed by atoms with van der Waals surface area (Å²) in [6.45, 7) is 0.507. The molecule has 3 rings (SSSR count). The van der Waals surface area contributed by atoms with Crippen molar-refractivity contribution < 1.29 is 13.2 Å². The van der Waals surface area contributed by atoms with Gasteiger partial charge in [-0.15, -0.1) is 0 Å². The number of benzene rings is 1. The Morgan fingerprint density at radius 3 is 2.79 bits per heavy atom. The molecule has 0 aliphatic heterocycles. The smallest absolute Gasteiger partial charge is 0.265 e. The monoisotopic (exact) mass is 349 g/mol. The molecule has 1 aromatic carbocycles. The highest BCUT2D eigenvalue weighted by atomic mass is 32.2. The van der Waals surface area contributed by atoms with Crippen LogP contribution in [0.5, 0.6) is 0 Å². The molecule has 24 heavy (non-hydrogen) atoms. The number of anilines is 1. The molecule has 0 unspecified atom stereocenters. The Morgan fingerprint density at radius 1 is 1.29 bits per heavy atom. The molecule has 7 heteroatoms. The van der Waals surface area contributed by atoms with Gasteiger partial charge in [0, 0.05) is 18.9 Å². The molecular weight excluding hydrogens is 326 g/mol. The lowest BCUT2D eigenvalue weighted by molar-refractivity contribution is 0.0169. The molecule has 0 radical (unpaired) electrons. The molecule has 1 aliphatic rings. The average molecular weight is 349 g/mol. The first-order valence-corrected chi connectivity index (χ1v) is 9.73. The Bertz CT molecular complexity index is 780. The predicted molar refractivity (Wildman–Crippen MR) is 92.1 cm³/mol. The SMILES string of the molecule is Cn1cc(S(=O)(=O)Nc2cccc(COC3CCCCC3)c2)cn1. The van der Waals surface area contributed by atoms with Crippen molar-refractivity contribution in [2.75, 3.05) is 4.72 Å². The normalized spacial score (nSPS) is 16.2. The summed E-state index contributed by atoms with van der Waals surface area (Å²) in [4.78, 5) is 0.147. The molecule has 1 aromatic heterocycles. The summed E-state index contributed by atoms with van der Waals surface area (Å²) >= 11 is 0. The van der Waals surface area contributed by atoms with Crippen LogP contribution in [-0.2, 0) is 28.4 Å². The van der Waals surface area contributed by atoms with Crippen LogP contribution in [-0.4, -0.2) is 24.3 Å². The van der Waals surface area contributed by atoms with E-state index >= 15 is 0 Å². The minimum Gasteiger partial charge on any atom is -0.374 e. The minimum atomic E-state index is -3.62. The summed E-state index contributed by atoms with van der Waals surface area (Å²) in [6, 6.07) is 7.33. The molecule has 1 aliphatic carbocycles. The Labute approximate surface area is 142 Å². The van der Waals surface area contributed by atoms with E-state index in [1.165, 1.54) is 36.3 Å². The maximum Gasteiger partial charge on any atom is 0.265 e. The summed E-state index contributed by atoms with van der Waals surface area (Å²) < 4.78 is 34.7. The van der Waals surface area contributed by atoms with Gasteiger partial charge in [0.25, 0.3) is 10.0 Å². The third kappa shape index (κ3) is 4.36. The Kier molecular flexibility index (Phi) is 5.20. The number of aryl methyl sites for hydroxylation is 1. The van der Waals surface area contributed by atoms with Gasteiger partial charge in [0.15, 0.2) is 0 Å². The highest BCUT2D eigenvalue weighted by molar-refractivity contribution is 7.92. The molecule has 1 N–H and O–H groups in total. The van der Waals surface area contributed by atoms with Crippen LogP contribution in [0.25, 0.3) is 0 Å². The lowest BCUT2D eigenvalue weighted by Gasteiger charge is -2.22. The first kappa shape index (κ1) is 17.0. The number of nitrogens with zero attached hydrogens (tertiary/aromatic N) is 2.